The van der Waals surface area contributed by atoms with Gasteiger partial charge in [-0.25, -0.2) is 0 Å². The summed E-state index contributed by atoms with van der Waals surface area (Å²) in [6, 6.07) is 24.7. The lowest BCUT2D eigenvalue weighted by Crippen LogP contribution is -2.66. The van der Waals surface area contributed by atoms with Crippen LogP contribution in [0.3, 0.4) is 0 Å². The van der Waals surface area contributed by atoms with E-state index in [-0.39, 0.29) is 11.9 Å². The summed E-state index contributed by atoms with van der Waals surface area (Å²) in [5.41, 5.74) is 5.77. The van der Waals surface area contributed by atoms with Crippen molar-refractivity contribution in [2.24, 2.45) is 10.5 Å². The number of piperazine rings is 1. The van der Waals surface area contributed by atoms with E-state index in [1.807, 2.05) is 37.3 Å². The molecule has 1 saturated heterocycles. The quantitative estimate of drug-likeness (QED) is 0.506. The van der Waals surface area contributed by atoms with Gasteiger partial charge in [0.2, 0.25) is 0 Å². The number of hydrazone groups is 1. The predicted octanol–water partition coefficient (Wildman–Crippen LogP) is 5.30. The smallest absolute Gasteiger partial charge is 0.261 e. The molecule has 0 radical (unpaired) electrons. The number of rotatable bonds is 3. The molecule has 3 aliphatic heterocycles. The van der Waals surface area contributed by atoms with Crippen LogP contribution >= 0.6 is 11.6 Å². The Bertz CT molecular complexity index is 1310. The van der Waals surface area contributed by atoms with Crippen molar-refractivity contribution >= 4 is 34.6 Å². The third kappa shape index (κ3) is 3.65. The Morgan fingerprint density at radius 1 is 1.00 bits per heavy atom. The number of nitrogens with zero attached hydrogens (tertiary/aromatic N) is 4. The van der Waals surface area contributed by atoms with Crippen molar-refractivity contribution in [2.75, 3.05) is 29.5 Å². The molecule has 2 unspecified atom stereocenters. The van der Waals surface area contributed by atoms with E-state index in [2.05, 4.69) is 59.2 Å². The Balaban J connectivity index is 1.41. The van der Waals surface area contributed by atoms with Crippen LogP contribution in [0.2, 0.25) is 5.02 Å². The summed E-state index contributed by atoms with van der Waals surface area (Å²) in [7, 11) is 0. The lowest BCUT2D eigenvalue weighted by molar-refractivity contribution is -0.125. The number of hydrogen-bond donors (Lipinski definition) is 0. The molecule has 3 heterocycles. The number of aryl methyl sites for hydroxylation is 1. The molecule has 1 spiro atoms. The van der Waals surface area contributed by atoms with Gasteiger partial charge in [-0.2, -0.15) is 10.1 Å². The number of halogens is 1. The van der Waals surface area contributed by atoms with Crippen molar-refractivity contribution < 1.29 is 4.79 Å². The molecule has 0 saturated carbocycles. The average molecular weight is 485 g/mol. The molecule has 2 atom stereocenters. The molecule has 6 heteroatoms. The van der Waals surface area contributed by atoms with Crippen LogP contribution in [-0.4, -0.2) is 42.2 Å². The maximum atomic E-state index is 14.3. The maximum absolute atomic E-state index is 14.3. The van der Waals surface area contributed by atoms with E-state index in [0.717, 1.165) is 59.4 Å². The summed E-state index contributed by atoms with van der Waals surface area (Å²) in [4.78, 5) is 19.2. The minimum absolute atomic E-state index is 0.0161. The third-order valence-electron chi connectivity index (χ3n) is 7.86. The SMILES string of the molecule is CC1=NN(c2ccc(C)cc2)C(=O)C12Cc1ccc(Cl)cc1N1CCN(Cc3ccccc3)CC12. The van der Waals surface area contributed by atoms with Crippen molar-refractivity contribution in [3.05, 3.63) is 94.5 Å². The zero-order valence-electron chi connectivity index (χ0n) is 20.1. The average Bonchev–Trinajstić information content (AvgIpc) is 3.11. The highest BCUT2D eigenvalue weighted by Gasteiger charge is 2.59. The fourth-order valence-corrected chi connectivity index (χ4v) is 6.15. The topological polar surface area (TPSA) is 39.2 Å². The van der Waals surface area contributed by atoms with E-state index in [1.165, 1.54) is 5.56 Å². The van der Waals surface area contributed by atoms with Crippen LogP contribution in [0.1, 0.15) is 23.6 Å². The van der Waals surface area contributed by atoms with Gasteiger partial charge in [0.15, 0.2) is 0 Å². The largest absolute Gasteiger partial charge is 0.364 e. The Morgan fingerprint density at radius 3 is 2.54 bits per heavy atom. The molecule has 178 valence electrons. The summed E-state index contributed by atoms with van der Waals surface area (Å²) in [6.45, 7) is 7.52. The monoisotopic (exact) mass is 484 g/mol. The summed E-state index contributed by atoms with van der Waals surface area (Å²) in [5.74, 6) is 0.0658. The lowest BCUT2D eigenvalue weighted by Gasteiger charge is -2.53. The van der Waals surface area contributed by atoms with Gasteiger partial charge in [0.05, 0.1) is 17.4 Å². The molecule has 3 aromatic rings. The summed E-state index contributed by atoms with van der Waals surface area (Å²) in [5, 5.41) is 7.23. The van der Waals surface area contributed by atoms with E-state index in [4.69, 9.17) is 16.7 Å². The van der Waals surface area contributed by atoms with Gasteiger partial charge in [-0.3, -0.25) is 9.69 Å². The molecular weight excluding hydrogens is 456 g/mol. The van der Waals surface area contributed by atoms with Crippen molar-refractivity contribution in [1.29, 1.82) is 0 Å². The van der Waals surface area contributed by atoms with E-state index >= 15 is 0 Å². The van der Waals surface area contributed by atoms with Gasteiger partial charge >= 0.3 is 0 Å². The van der Waals surface area contributed by atoms with Gasteiger partial charge in [-0.05, 0) is 55.7 Å². The Labute approximate surface area is 211 Å². The molecular formula is C29H29ClN4O. The molecule has 3 aliphatic rings. The second kappa shape index (κ2) is 8.51. The maximum Gasteiger partial charge on any atom is 0.261 e. The van der Waals surface area contributed by atoms with Crippen molar-refractivity contribution in [1.82, 2.24) is 4.90 Å². The first-order valence-electron chi connectivity index (χ1n) is 12.2. The number of anilines is 2. The summed E-state index contributed by atoms with van der Waals surface area (Å²) < 4.78 is 0. The molecule has 1 fully saturated rings. The van der Waals surface area contributed by atoms with Crippen LogP contribution in [0.5, 0.6) is 0 Å². The van der Waals surface area contributed by atoms with Gasteiger partial charge in [-0.1, -0.05) is 65.7 Å². The molecule has 35 heavy (non-hydrogen) atoms. The van der Waals surface area contributed by atoms with Crippen LogP contribution in [-0.2, 0) is 17.8 Å². The van der Waals surface area contributed by atoms with Crippen LogP contribution in [0.25, 0.3) is 0 Å². The minimum Gasteiger partial charge on any atom is -0.364 e. The van der Waals surface area contributed by atoms with Crippen molar-refractivity contribution in [3.63, 3.8) is 0 Å². The van der Waals surface area contributed by atoms with Crippen molar-refractivity contribution in [3.8, 4) is 0 Å². The van der Waals surface area contributed by atoms with Crippen LogP contribution in [0.4, 0.5) is 11.4 Å². The molecule has 6 rings (SSSR count). The Hall–Kier alpha value is -3.15. The molecule has 0 N–H and O–H groups in total. The number of fused-ring (bicyclic) bond motifs is 4. The second-order valence-electron chi connectivity index (χ2n) is 9.99. The molecule has 0 bridgehead atoms. The van der Waals surface area contributed by atoms with Gasteiger partial charge in [0.25, 0.3) is 5.91 Å². The normalized spacial score (nSPS) is 23.9. The third-order valence-corrected chi connectivity index (χ3v) is 8.09. The number of hydrogen-bond acceptors (Lipinski definition) is 4. The molecule has 3 aromatic carbocycles. The Morgan fingerprint density at radius 2 is 1.77 bits per heavy atom. The summed E-state index contributed by atoms with van der Waals surface area (Å²) >= 11 is 6.43. The second-order valence-corrected chi connectivity index (χ2v) is 10.4. The standard InChI is InChI=1S/C29H29ClN4O/c1-20-8-12-25(13-9-20)34-28(35)29(21(2)31-34)17-23-10-11-24(30)16-26(23)33-15-14-32(19-27(29)33)18-22-6-4-3-5-7-22/h3-13,16,27H,14-15,17-19H2,1-2H3. The lowest BCUT2D eigenvalue weighted by atomic mass is 9.67. The van der Waals surface area contributed by atoms with E-state index in [9.17, 15) is 4.79 Å². The molecule has 5 nitrogen and oxygen atoms in total. The zero-order chi connectivity index (χ0) is 24.2. The highest BCUT2D eigenvalue weighted by atomic mass is 35.5. The number of carbonyl (C=O) groups is 1. The minimum atomic E-state index is -0.707. The van der Waals surface area contributed by atoms with Crippen LogP contribution < -0.4 is 9.91 Å². The van der Waals surface area contributed by atoms with E-state index in [0.29, 0.717) is 6.42 Å². The fraction of sp³-hybridized carbons (Fsp3) is 0.310. The summed E-state index contributed by atoms with van der Waals surface area (Å²) in [6.07, 6.45) is 0.635. The highest BCUT2D eigenvalue weighted by Crippen LogP contribution is 2.48. The Kier molecular flexibility index (Phi) is 5.42. The van der Waals surface area contributed by atoms with Crippen LogP contribution in [0, 0.1) is 12.3 Å². The van der Waals surface area contributed by atoms with E-state index in [1.54, 1.807) is 5.01 Å². The highest BCUT2D eigenvalue weighted by molar-refractivity contribution is 6.31. The number of amides is 1. The van der Waals surface area contributed by atoms with Crippen molar-refractivity contribution in [2.45, 2.75) is 32.9 Å². The molecule has 0 aliphatic carbocycles. The predicted molar refractivity (Wildman–Crippen MR) is 142 cm³/mol. The first-order valence-corrected chi connectivity index (χ1v) is 12.6. The molecule has 1 amide bonds. The fourth-order valence-electron chi connectivity index (χ4n) is 5.98. The first-order chi connectivity index (χ1) is 17.0. The number of carbonyl (C=O) groups excluding carboxylic acids is 1. The van der Waals surface area contributed by atoms with Gasteiger partial charge in [0, 0.05) is 36.9 Å². The van der Waals surface area contributed by atoms with Gasteiger partial charge < -0.3 is 4.90 Å². The van der Waals surface area contributed by atoms with Gasteiger partial charge in [0.1, 0.15) is 5.41 Å². The van der Waals surface area contributed by atoms with Crippen LogP contribution in [0.15, 0.2) is 77.9 Å². The number of benzene rings is 3. The molecule has 0 aromatic heterocycles. The van der Waals surface area contributed by atoms with Gasteiger partial charge in [-0.15, -0.1) is 0 Å². The zero-order valence-corrected chi connectivity index (χ0v) is 20.9. The van der Waals surface area contributed by atoms with E-state index < -0.39 is 5.41 Å². The first kappa shape index (κ1) is 22.3.